The fourth-order valence-corrected chi connectivity index (χ4v) is 3.85. The van der Waals surface area contributed by atoms with Crippen LogP contribution in [0.5, 0.6) is 5.75 Å². The maximum Gasteiger partial charge on any atom is 0.167 e. The Labute approximate surface area is 191 Å². The normalized spacial score (nSPS) is 11.0. The van der Waals surface area contributed by atoms with Gasteiger partial charge >= 0.3 is 0 Å². The first-order valence-corrected chi connectivity index (χ1v) is 11.9. The Morgan fingerprint density at radius 2 is 1.12 bits per heavy atom. The smallest absolute Gasteiger partial charge is 0.167 e. The lowest BCUT2D eigenvalue weighted by molar-refractivity contribution is 0.304. The molecular formula is C29H34F2O. The molecule has 0 aromatic heterocycles. The van der Waals surface area contributed by atoms with Crippen molar-refractivity contribution in [1.82, 2.24) is 0 Å². The van der Waals surface area contributed by atoms with Crippen LogP contribution in [-0.2, 0) is 6.42 Å². The third kappa shape index (κ3) is 6.41. The molecule has 0 amide bonds. The van der Waals surface area contributed by atoms with Gasteiger partial charge in [0.2, 0.25) is 0 Å². The highest BCUT2D eigenvalue weighted by molar-refractivity contribution is 5.72. The molecule has 0 unspecified atom stereocenters. The van der Waals surface area contributed by atoms with Crippen LogP contribution in [0, 0.1) is 11.6 Å². The highest BCUT2D eigenvalue weighted by Crippen LogP contribution is 2.32. The van der Waals surface area contributed by atoms with E-state index in [2.05, 4.69) is 13.8 Å². The lowest BCUT2D eigenvalue weighted by Gasteiger charge is -2.11. The van der Waals surface area contributed by atoms with Gasteiger partial charge in [-0.15, -0.1) is 0 Å². The molecule has 0 saturated carbocycles. The number of hydrogen-bond acceptors (Lipinski definition) is 1. The molecule has 0 spiro atoms. The van der Waals surface area contributed by atoms with Crippen LogP contribution in [0.25, 0.3) is 22.3 Å². The second-order valence-electron chi connectivity index (χ2n) is 8.38. The fourth-order valence-electron chi connectivity index (χ4n) is 3.85. The summed E-state index contributed by atoms with van der Waals surface area (Å²) in [5, 5.41) is 0. The van der Waals surface area contributed by atoms with Crippen LogP contribution in [0.2, 0.25) is 0 Å². The molecule has 0 N–H and O–H groups in total. The largest absolute Gasteiger partial charge is 0.494 e. The summed E-state index contributed by atoms with van der Waals surface area (Å²) in [5.74, 6) is -0.872. The molecule has 0 aliphatic rings. The maximum absolute atomic E-state index is 14.9. The van der Waals surface area contributed by atoms with Crippen LogP contribution in [-0.4, -0.2) is 6.61 Å². The van der Waals surface area contributed by atoms with Crippen molar-refractivity contribution in [2.24, 2.45) is 0 Å². The Balaban J connectivity index is 1.67. The summed E-state index contributed by atoms with van der Waals surface area (Å²) in [6.07, 6.45) is 9.20. The molecule has 170 valence electrons. The molecule has 0 radical (unpaired) electrons. The predicted molar refractivity (Wildman–Crippen MR) is 130 cm³/mol. The minimum absolute atomic E-state index is 0.261. The zero-order valence-electron chi connectivity index (χ0n) is 19.3. The van der Waals surface area contributed by atoms with Crippen molar-refractivity contribution in [3.8, 4) is 28.0 Å². The molecule has 3 rings (SSSR count). The Kier molecular flexibility index (Phi) is 9.27. The van der Waals surface area contributed by atoms with Gasteiger partial charge in [0.25, 0.3) is 0 Å². The summed E-state index contributed by atoms with van der Waals surface area (Å²) in [4.78, 5) is 0. The van der Waals surface area contributed by atoms with Crippen LogP contribution >= 0.6 is 0 Å². The van der Waals surface area contributed by atoms with Gasteiger partial charge in [-0.3, -0.25) is 0 Å². The molecule has 3 aromatic carbocycles. The average Bonchev–Trinajstić information content (AvgIpc) is 2.83. The van der Waals surface area contributed by atoms with E-state index in [1.807, 2.05) is 36.4 Å². The van der Waals surface area contributed by atoms with Crippen LogP contribution < -0.4 is 4.74 Å². The van der Waals surface area contributed by atoms with Crippen LogP contribution in [0.15, 0.2) is 60.7 Å². The van der Waals surface area contributed by atoms with Gasteiger partial charge in [0.1, 0.15) is 5.75 Å². The summed E-state index contributed by atoms with van der Waals surface area (Å²) >= 11 is 0. The van der Waals surface area contributed by atoms with E-state index in [9.17, 15) is 8.78 Å². The predicted octanol–water partition coefficient (Wildman–Crippen LogP) is 8.99. The van der Waals surface area contributed by atoms with E-state index in [0.717, 1.165) is 31.4 Å². The van der Waals surface area contributed by atoms with Gasteiger partial charge in [0.05, 0.1) is 6.61 Å². The van der Waals surface area contributed by atoms with Gasteiger partial charge in [-0.1, -0.05) is 94.5 Å². The quantitative estimate of drug-likeness (QED) is 0.257. The van der Waals surface area contributed by atoms with E-state index < -0.39 is 11.6 Å². The summed E-state index contributed by atoms with van der Waals surface area (Å²) in [6, 6.07) is 18.3. The van der Waals surface area contributed by atoms with E-state index in [1.165, 1.54) is 31.2 Å². The topological polar surface area (TPSA) is 9.23 Å². The summed E-state index contributed by atoms with van der Waals surface area (Å²) in [5.41, 5.74) is 3.10. The molecular weight excluding hydrogens is 402 g/mol. The minimum atomic E-state index is -0.817. The molecule has 3 aromatic rings. The Hall–Kier alpha value is -2.68. The molecule has 0 bridgehead atoms. The van der Waals surface area contributed by atoms with Crippen molar-refractivity contribution in [2.45, 2.75) is 65.2 Å². The first-order valence-electron chi connectivity index (χ1n) is 11.9. The first-order chi connectivity index (χ1) is 15.6. The molecule has 0 aliphatic heterocycles. The molecule has 0 saturated heterocycles. The second kappa shape index (κ2) is 12.4. The average molecular weight is 437 g/mol. The zero-order valence-corrected chi connectivity index (χ0v) is 19.3. The highest BCUT2D eigenvalue weighted by Gasteiger charge is 2.16. The fraction of sp³-hybridized carbons (Fsp3) is 0.379. The third-order valence-electron chi connectivity index (χ3n) is 5.85. The van der Waals surface area contributed by atoms with E-state index >= 15 is 0 Å². The van der Waals surface area contributed by atoms with Crippen LogP contribution in [0.4, 0.5) is 8.78 Å². The second-order valence-corrected chi connectivity index (χ2v) is 8.38. The van der Waals surface area contributed by atoms with Crippen molar-refractivity contribution in [3.05, 3.63) is 77.9 Å². The number of unbranched alkanes of at least 4 members (excludes halogenated alkanes) is 5. The highest BCUT2D eigenvalue weighted by atomic mass is 19.2. The Morgan fingerprint density at radius 3 is 1.69 bits per heavy atom. The maximum atomic E-state index is 14.9. The molecule has 0 heterocycles. The van der Waals surface area contributed by atoms with Gasteiger partial charge in [-0.25, -0.2) is 8.78 Å². The van der Waals surface area contributed by atoms with Crippen LogP contribution in [0.1, 0.15) is 64.4 Å². The number of aryl methyl sites for hydroxylation is 1. The van der Waals surface area contributed by atoms with Crippen molar-refractivity contribution < 1.29 is 13.5 Å². The van der Waals surface area contributed by atoms with E-state index in [4.69, 9.17) is 4.74 Å². The molecule has 0 aliphatic carbocycles. The lowest BCUT2D eigenvalue weighted by atomic mass is 9.97. The molecule has 0 fully saturated rings. The first kappa shape index (κ1) is 24.0. The standard InChI is InChI=1S/C29H34F2O/c1-3-5-7-8-9-21-32-25-17-15-24(16-18-25)27-20-19-26(28(30)29(27)31)23-13-11-22(12-14-23)10-6-4-2/h11-20H,3-10,21H2,1-2H3. The zero-order chi connectivity index (χ0) is 22.8. The molecule has 32 heavy (non-hydrogen) atoms. The van der Waals surface area contributed by atoms with Crippen LogP contribution in [0.3, 0.4) is 0 Å². The molecule has 3 heteroatoms. The van der Waals surface area contributed by atoms with Gasteiger partial charge in [0, 0.05) is 11.1 Å². The Morgan fingerprint density at radius 1 is 0.594 bits per heavy atom. The van der Waals surface area contributed by atoms with Crippen molar-refractivity contribution in [2.75, 3.05) is 6.61 Å². The summed E-state index contributed by atoms with van der Waals surface area (Å²) in [7, 11) is 0. The molecule has 1 nitrogen and oxygen atoms in total. The lowest BCUT2D eigenvalue weighted by Crippen LogP contribution is -1.97. The van der Waals surface area contributed by atoms with Crippen molar-refractivity contribution in [3.63, 3.8) is 0 Å². The van der Waals surface area contributed by atoms with Gasteiger partial charge in [-0.2, -0.15) is 0 Å². The van der Waals surface area contributed by atoms with E-state index in [1.54, 1.807) is 24.3 Å². The van der Waals surface area contributed by atoms with Gasteiger partial charge in [0.15, 0.2) is 11.6 Å². The number of benzene rings is 3. The minimum Gasteiger partial charge on any atom is -0.494 e. The van der Waals surface area contributed by atoms with E-state index in [0.29, 0.717) is 17.7 Å². The van der Waals surface area contributed by atoms with Gasteiger partial charge in [-0.05, 0) is 48.1 Å². The van der Waals surface area contributed by atoms with Crippen molar-refractivity contribution in [1.29, 1.82) is 0 Å². The summed E-state index contributed by atoms with van der Waals surface area (Å²) in [6.45, 7) is 5.04. The summed E-state index contributed by atoms with van der Waals surface area (Å²) < 4.78 is 35.6. The molecule has 0 atom stereocenters. The number of rotatable bonds is 12. The number of hydrogen-bond donors (Lipinski definition) is 0. The number of ether oxygens (including phenoxy) is 1. The third-order valence-corrected chi connectivity index (χ3v) is 5.85. The van der Waals surface area contributed by atoms with Gasteiger partial charge < -0.3 is 4.74 Å². The van der Waals surface area contributed by atoms with E-state index in [-0.39, 0.29) is 11.1 Å². The number of halogens is 2. The SMILES string of the molecule is CCCCCCCOc1ccc(-c2ccc(-c3ccc(CCCC)cc3)c(F)c2F)cc1. The Bertz CT molecular complexity index is 962. The monoisotopic (exact) mass is 436 g/mol. The van der Waals surface area contributed by atoms with Crippen molar-refractivity contribution >= 4 is 0 Å².